The van der Waals surface area contributed by atoms with E-state index < -0.39 is 72.7 Å². The van der Waals surface area contributed by atoms with E-state index in [4.69, 9.17) is 9.84 Å². The number of aromatic nitrogens is 1. The number of carbonyl (C=O) groups is 2. The maximum atomic E-state index is 16.7. The van der Waals surface area contributed by atoms with E-state index in [2.05, 4.69) is 10.3 Å². The van der Waals surface area contributed by atoms with Crippen molar-refractivity contribution in [1.82, 2.24) is 14.8 Å². The molecule has 0 spiro atoms. The van der Waals surface area contributed by atoms with Crippen molar-refractivity contribution < 1.29 is 46.5 Å². The lowest BCUT2D eigenvalue weighted by Gasteiger charge is -2.42. The smallest absolute Gasteiger partial charge is 0.336 e. The zero-order chi connectivity index (χ0) is 32.5. The molecule has 2 atom stereocenters. The molecule has 2 aliphatic heterocycles. The van der Waals surface area contributed by atoms with Crippen molar-refractivity contribution in [3.8, 4) is 5.75 Å². The number of nitrogens with one attached hydrogen (secondary N) is 2. The average molecular weight is 637 g/mol. The average Bonchev–Trinajstić information content (AvgIpc) is 3.34. The van der Waals surface area contributed by atoms with Crippen LogP contribution >= 0.6 is 0 Å². The number of fused-ring (bicyclic) bond motifs is 3. The molecule has 1 saturated heterocycles. The molecule has 1 fully saturated rings. The van der Waals surface area contributed by atoms with Crippen molar-refractivity contribution in [2.45, 2.75) is 43.8 Å². The van der Waals surface area contributed by atoms with Crippen molar-refractivity contribution >= 4 is 28.5 Å². The van der Waals surface area contributed by atoms with Gasteiger partial charge in [0.25, 0.3) is 5.92 Å². The predicted octanol–water partition coefficient (Wildman–Crippen LogP) is 4.41. The second-order valence-corrected chi connectivity index (χ2v) is 11.4. The number of halogens is 5. The van der Waals surface area contributed by atoms with Gasteiger partial charge in [0, 0.05) is 60.5 Å². The van der Waals surface area contributed by atoms with Gasteiger partial charge in [0.1, 0.15) is 12.4 Å². The van der Waals surface area contributed by atoms with Crippen LogP contribution in [-0.2, 0) is 16.0 Å². The number of carbonyl (C=O) groups excluding carboxylic acids is 1. The molecule has 3 heterocycles. The second kappa shape index (κ2) is 13.2. The highest BCUT2D eigenvalue weighted by atomic mass is 19.3. The number of aromatic amines is 1. The first kappa shape index (κ1) is 32.4. The maximum Gasteiger partial charge on any atom is 0.336 e. The van der Waals surface area contributed by atoms with E-state index in [1.807, 2.05) is 11.0 Å². The first-order valence-electron chi connectivity index (χ1n) is 14.5. The van der Waals surface area contributed by atoms with Gasteiger partial charge in [-0.2, -0.15) is 0 Å². The van der Waals surface area contributed by atoms with Crippen LogP contribution in [0.15, 0.2) is 42.5 Å². The van der Waals surface area contributed by atoms with Gasteiger partial charge in [0.05, 0.1) is 36.6 Å². The van der Waals surface area contributed by atoms with Crippen molar-refractivity contribution in [2.24, 2.45) is 0 Å². The number of anilines is 1. The number of hydrogen-bond donors (Lipinski definition) is 4. The Labute approximate surface area is 255 Å². The maximum absolute atomic E-state index is 16.7. The highest BCUT2D eigenvalue weighted by Gasteiger charge is 2.44. The van der Waals surface area contributed by atoms with E-state index >= 15 is 8.78 Å². The summed E-state index contributed by atoms with van der Waals surface area (Å²) in [5, 5.41) is 22.0. The van der Waals surface area contributed by atoms with Gasteiger partial charge in [-0.05, 0) is 31.4 Å². The molecule has 3 aromatic rings. The number of benzene rings is 2. The minimum atomic E-state index is -3.61. The number of likely N-dealkylation sites (tertiary alicyclic amines) is 1. The predicted molar refractivity (Wildman–Crippen MR) is 155 cm³/mol. The largest absolute Gasteiger partial charge is 0.478 e. The van der Waals surface area contributed by atoms with Crippen LogP contribution in [0.25, 0.3) is 10.9 Å². The summed E-state index contributed by atoms with van der Waals surface area (Å²) in [6, 6.07) is 5.56. The number of aliphatic hydroxyl groups excluding tert-OH is 1. The van der Waals surface area contributed by atoms with Crippen LogP contribution in [0.3, 0.4) is 0 Å². The summed E-state index contributed by atoms with van der Waals surface area (Å²) >= 11 is 0. The monoisotopic (exact) mass is 636 g/mol. The molecule has 14 heteroatoms. The van der Waals surface area contributed by atoms with Gasteiger partial charge in [0.2, 0.25) is 0 Å². The van der Waals surface area contributed by atoms with E-state index in [9.17, 15) is 27.9 Å². The Balaban J connectivity index is 1.63. The molecule has 242 valence electrons. The number of esters is 1. The molecule has 5 rings (SSSR count). The molecule has 0 bridgehead atoms. The molecule has 0 amide bonds. The van der Waals surface area contributed by atoms with Crippen LogP contribution in [0.5, 0.6) is 5.75 Å². The summed E-state index contributed by atoms with van der Waals surface area (Å²) in [5.41, 5.74) is 0.665. The number of ether oxygens (including phenoxy) is 1. The standard InChI is InChI=1S/C31H33F5N4O5/c1-17-11-20-19-5-2-3-6-22(19)38-28(20)29(40(17)15-31(35,36)16-41)26-21(33)12-23(37-18-13-39(14-18)10-4-9-32)30(27(26)34)45-25(44)8-7-24(42)43/h2-3,5-8,12,17-18,29,37-38,41H,4,9-11,13-16H2,1H3,(H,42,43)/b8-7+/t17-,29-/m1/s1. The highest BCUT2D eigenvalue weighted by molar-refractivity contribution is 5.92. The third kappa shape index (κ3) is 6.82. The molecule has 0 aliphatic carbocycles. The third-order valence-electron chi connectivity index (χ3n) is 8.13. The van der Waals surface area contributed by atoms with Gasteiger partial charge in [-0.1, -0.05) is 18.2 Å². The fraction of sp³-hybridized carbons (Fsp3) is 0.419. The number of nitrogens with zero attached hydrogens (tertiary/aromatic N) is 2. The molecule has 2 aromatic carbocycles. The number of carboxylic acids is 1. The van der Waals surface area contributed by atoms with Gasteiger partial charge in [-0.3, -0.25) is 14.2 Å². The molecular weight excluding hydrogens is 603 g/mol. The molecular formula is C31H33F5N4O5. The Morgan fingerprint density at radius 2 is 1.93 bits per heavy atom. The van der Waals surface area contributed by atoms with Crippen LogP contribution < -0.4 is 10.1 Å². The number of rotatable bonds is 12. The first-order chi connectivity index (χ1) is 21.4. The molecule has 1 aromatic heterocycles. The molecule has 2 aliphatic rings. The number of aliphatic hydroxyl groups is 1. The van der Waals surface area contributed by atoms with Crippen LogP contribution in [-0.4, -0.2) is 94.4 Å². The van der Waals surface area contributed by atoms with Crippen molar-refractivity contribution in [1.29, 1.82) is 0 Å². The lowest BCUT2D eigenvalue weighted by atomic mass is 9.87. The first-order valence-corrected chi connectivity index (χ1v) is 14.5. The molecule has 0 unspecified atom stereocenters. The number of aliphatic carboxylic acids is 1. The van der Waals surface area contributed by atoms with Gasteiger partial charge < -0.3 is 25.3 Å². The topological polar surface area (TPSA) is 118 Å². The van der Waals surface area contributed by atoms with E-state index in [-0.39, 0.29) is 23.8 Å². The molecule has 9 nitrogen and oxygen atoms in total. The number of carboxylic acid groups (broad SMARTS) is 1. The van der Waals surface area contributed by atoms with E-state index in [1.165, 1.54) is 4.90 Å². The van der Waals surface area contributed by atoms with Crippen LogP contribution in [0, 0.1) is 11.6 Å². The van der Waals surface area contributed by atoms with Crippen LogP contribution in [0.2, 0.25) is 0 Å². The number of H-pyrrole nitrogens is 1. The zero-order valence-corrected chi connectivity index (χ0v) is 24.3. The lowest BCUT2D eigenvalue weighted by Crippen LogP contribution is -2.54. The van der Waals surface area contributed by atoms with Crippen molar-refractivity contribution in [2.75, 3.05) is 44.8 Å². The molecule has 0 saturated carbocycles. The third-order valence-corrected chi connectivity index (χ3v) is 8.13. The fourth-order valence-electron chi connectivity index (χ4n) is 6.08. The Kier molecular flexibility index (Phi) is 9.46. The summed E-state index contributed by atoms with van der Waals surface area (Å²) in [6.07, 6.45) is 1.64. The van der Waals surface area contributed by atoms with Crippen LogP contribution in [0.1, 0.15) is 36.2 Å². The summed E-state index contributed by atoms with van der Waals surface area (Å²) in [4.78, 5) is 29.7. The quantitative estimate of drug-likeness (QED) is 0.100. The SMILES string of the molecule is C[C@@H]1Cc2c([nH]c3ccccc23)[C@@H](c2c(F)cc(NC3CN(CCCF)C3)c(OC(=O)/C=C/C(=O)O)c2F)N1CC(F)(F)CO. The van der Waals surface area contributed by atoms with E-state index in [0.717, 1.165) is 11.5 Å². The van der Waals surface area contributed by atoms with E-state index in [1.54, 1.807) is 25.1 Å². The summed E-state index contributed by atoms with van der Waals surface area (Å²) in [7, 11) is 0. The highest BCUT2D eigenvalue weighted by Crippen LogP contribution is 2.46. The Morgan fingerprint density at radius 1 is 1.20 bits per heavy atom. The van der Waals surface area contributed by atoms with Crippen molar-refractivity contribution in [3.63, 3.8) is 0 Å². The Bertz CT molecular complexity index is 1610. The number of alkyl halides is 3. The Morgan fingerprint density at radius 3 is 2.62 bits per heavy atom. The minimum absolute atomic E-state index is 0.242. The Hall–Kier alpha value is -4.01. The summed E-state index contributed by atoms with van der Waals surface area (Å²) < 4.78 is 80.1. The van der Waals surface area contributed by atoms with Crippen molar-refractivity contribution in [3.05, 3.63) is 70.9 Å². The van der Waals surface area contributed by atoms with E-state index in [0.29, 0.717) is 49.3 Å². The molecule has 0 radical (unpaired) electrons. The zero-order valence-electron chi connectivity index (χ0n) is 24.3. The lowest BCUT2D eigenvalue weighted by molar-refractivity contribution is -0.133. The van der Waals surface area contributed by atoms with Crippen LogP contribution in [0.4, 0.5) is 27.6 Å². The van der Waals surface area contributed by atoms with Gasteiger partial charge in [-0.25, -0.2) is 27.2 Å². The van der Waals surface area contributed by atoms with Gasteiger partial charge in [0.15, 0.2) is 11.6 Å². The molecule has 45 heavy (non-hydrogen) atoms. The molecule has 4 N–H and O–H groups in total. The fourth-order valence-corrected chi connectivity index (χ4v) is 6.08. The minimum Gasteiger partial charge on any atom is -0.478 e. The van der Waals surface area contributed by atoms with Gasteiger partial charge in [-0.15, -0.1) is 0 Å². The number of para-hydroxylation sites is 1. The summed E-state index contributed by atoms with van der Waals surface area (Å²) in [6.45, 7) is -0.0522. The second-order valence-electron chi connectivity index (χ2n) is 11.4. The van der Waals surface area contributed by atoms with Gasteiger partial charge >= 0.3 is 11.9 Å². The summed E-state index contributed by atoms with van der Waals surface area (Å²) in [5.74, 6) is -9.52. The number of hydrogen-bond acceptors (Lipinski definition) is 7. The normalized spacial score (nSPS) is 19.5.